The number of aliphatic carboxylic acids is 1. The molecule has 3 N–H and O–H groups in total. The number of hydrogen-bond acceptors (Lipinski definition) is 3. The Hall–Kier alpha value is -1.39. The van der Waals surface area contributed by atoms with Crippen molar-refractivity contribution in [3.05, 3.63) is 36.5 Å². The third kappa shape index (κ3) is 8.50. The Morgan fingerprint density at radius 1 is 1.32 bits per heavy atom. The Morgan fingerprint density at radius 3 is 2.76 bits per heavy atom. The molecule has 0 saturated heterocycles. The van der Waals surface area contributed by atoms with E-state index in [1.807, 2.05) is 18.2 Å². The van der Waals surface area contributed by atoms with Crippen molar-refractivity contribution in [3.63, 3.8) is 0 Å². The third-order valence-corrected chi connectivity index (χ3v) is 4.88. The molecule has 142 valence electrons. The zero-order valence-corrected chi connectivity index (χ0v) is 15.4. The van der Waals surface area contributed by atoms with Gasteiger partial charge in [0.25, 0.3) is 0 Å². The minimum absolute atomic E-state index is 0.00278. The first kappa shape index (κ1) is 21.7. The summed E-state index contributed by atoms with van der Waals surface area (Å²) >= 11 is 0. The van der Waals surface area contributed by atoms with Crippen LogP contribution < -0.4 is 0 Å². The van der Waals surface area contributed by atoms with Crippen LogP contribution in [0.3, 0.4) is 0 Å². The quantitative estimate of drug-likeness (QED) is 0.363. The molecule has 0 aliphatic heterocycles. The van der Waals surface area contributed by atoms with Gasteiger partial charge >= 0.3 is 5.97 Å². The van der Waals surface area contributed by atoms with Gasteiger partial charge in [0.1, 0.15) is 0 Å². The van der Waals surface area contributed by atoms with Crippen molar-refractivity contribution in [1.29, 1.82) is 0 Å². The lowest BCUT2D eigenvalue weighted by molar-refractivity contribution is -0.137. The summed E-state index contributed by atoms with van der Waals surface area (Å²) in [6, 6.07) is 0. The van der Waals surface area contributed by atoms with E-state index < -0.39 is 18.2 Å². The number of carboxylic acids is 1. The maximum absolute atomic E-state index is 10.5. The molecule has 0 unspecified atom stereocenters. The second-order valence-corrected chi connectivity index (χ2v) is 7.05. The van der Waals surface area contributed by atoms with Crippen LogP contribution in [0.4, 0.5) is 0 Å². The molecule has 0 radical (unpaired) electrons. The van der Waals surface area contributed by atoms with Crippen molar-refractivity contribution in [1.82, 2.24) is 0 Å². The standard InChI is InChI=1S/C21H34O4/c1-3-4-7-10-17(22)13-14-19-18(16(2)15-20(19)23)11-8-5-6-9-12-21(24)25/h5,8,13-14,17-20,22-23H,2-4,6-7,9-12,15H2,1H3,(H,24,25)/b8-5+,14-13?/t17-,18-,19+,20+/m0/s1. The van der Waals surface area contributed by atoms with E-state index in [4.69, 9.17) is 5.11 Å². The number of carbonyl (C=O) groups is 1. The SMILES string of the molecule is C=C1C[C@@H](O)[C@H](C=C[C@@H](O)CCCCC)[C@H]1C/C=C/CCCC(=O)O. The molecule has 0 aromatic rings. The van der Waals surface area contributed by atoms with Crippen molar-refractivity contribution >= 4 is 5.97 Å². The molecular formula is C21H34O4. The number of unbranched alkanes of at least 4 members (excludes halogenated alkanes) is 3. The summed E-state index contributed by atoms with van der Waals surface area (Å²) in [5.41, 5.74) is 1.05. The molecule has 1 aliphatic carbocycles. The first-order valence-corrected chi connectivity index (χ1v) is 9.54. The van der Waals surface area contributed by atoms with Gasteiger partial charge in [0.15, 0.2) is 0 Å². The van der Waals surface area contributed by atoms with Gasteiger partial charge in [-0.25, -0.2) is 0 Å². The fourth-order valence-electron chi connectivity index (χ4n) is 3.37. The highest BCUT2D eigenvalue weighted by Crippen LogP contribution is 2.39. The molecule has 1 aliphatic rings. The average Bonchev–Trinajstić information content (AvgIpc) is 2.82. The van der Waals surface area contributed by atoms with Gasteiger partial charge in [0, 0.05) is 12.3 Å². The first-order valence-electron chi connectivity index (χ1n) is 9.54. The van der Waals surface area contributed by atoms with E-state index >= 15 is 0 Å². The summed E-state index contributed by atoms with van der Waals surface area (Å²) in [7, 11) is 0. The van der Waals surface area contributed by atoms with Crippen LogP contribution in [-0.2, 0) is 4.79 Å². The normalized spacial score (nSPS) is 25.2. The molecule has 4 nitrogen and oxygen atoms in total. The Balaban J connectivity index is 2.48. The van der Waals surface area contributed by atoms with E-state index in [9.17, 15) is 15.0 Å². The number of aliphatic hydroxyl groups is 2. The summed E-state index contributed by atoms with van der Waals surface area (Å²) in [6.45, 7) is 6.24. The zero-order valence-electron chi connectivity index (χ0n) is 15.4. The van der Waals surface area contributed by atoms with Crippen LogP contribution in [0, 0.1) is 11.8 Å². The molecule has 0 bridgehead atoms. The average molecular weight is 350 g/mol. The molecule has 4 heteroatoms. The number of carboxylic acid groups (broad SMARTS) is 1. The van der Waals surface area contributed by atoms with Gasteiger partial charge in [0.2, 0.25) is 0 Å². The molecule has 0 spiro atoms. The lowest BCUT2D eigenvalue weighted by atomic mass is 9.89. The second kappa shape index (κ2) is 12.0. The third-order valence-electron chi connectivity index (χ3n) is 4.88. The minimum Gasteiger partial charge on any atom is -0.481 e. The Labute approximate surface area is 152 Å². The van der Waals surface area contributed by atoms with Crippen LogP contribution in [0.1, 0.15) is 64.7 Å². The van der Waals surface area contributed by atoms with Crippen LogP contribution in [0.25, 0.3) is 0 Å². The topological polar surface area (TPSA) is 77.8 Å². The van der Waals surface area contributed by atoms with Gasteiger partial charge in [-0.2, -0.15) is 0 Å². The molecule has 1 fully saturated rings. The van der Waals surface area contributed by atoms with E-state index in [0.717, 1.165) is 44.1 Å². The predicted octanol–water partition coefficient (Wildman–Crippen LogP) is 4.24. The maximum atomic E-state index is 10.5. The monoisotopic (exact) mass is 350 g/mol. The van der Waals surface area contributed by atoms with Gasteiger partial charge < -0.3 is 15.3 Å². The molecule has 0 aromatic heterocycles. The van der Waals surface area contributed by atoms with E-state index in [2.05, 4.69) is 19.6 Å². The second-order valence-electron chi connectivity index (χ2n) is 7.05. The Kier molecular flexibility index (Phi) is 10.4. The zero-order chi connectivity index (χ0) is 18.7. The molecule has 0 aromatic carbocycles. The van der Waals surface area contributed by atoms with Crippen LogP contribution in [0.15, 0.2) is 36.5 Å². The highest BCUT2D eigenvalue weighted by atomic mass is 16.4. The number of aliphatic hydroxyl groups excluding tert-OH is 2. The number of hydrogen-bond donors (Lipinski definition) is 3. The summed E-state index contributed by atoms with van der Waals surface area (Å²) < 4.78 is 0. The Morgan fingerprint density at radius 2 is 2.08 bits per heavy atom. The molecular weight excluding hydrogens is 316 g/mol. The molecule has 25 heavy (non-hydrogen) atoms. The highest BCUT2D eigenvalue weighted by Gasteiger charge is 2.35. The fourth-order valence-corrected chi connectivity index (χ4v) is 3.37. The lowest BCUT2D eigenvalue weighted by Crippen LogP contribution is -2.17. The Bertz CT molecular complexity index is 467. The maximum Gasteiger partial charge on any atom is 0.303 e. The largest absolute Gasteiger partial charge is 0.481 e. The predicted molar refractivity (Wildman–Crippen MR) is 101 cm³/mol. The molecule has 4 atom stereocenters. The van der Waals surface area contributed by atoms with Crippen molar-refractivity contribution in [2.24, 2.45) is 11.8 Å². The van der Waals surface area contributed by atoms with Crippen LogP contribution >= 0.6 is 0 Å². The molecule has 0 heterocycles. The number of rotatable bonds is 12. The van der Waals surface area contributed by atoms with E-state index in [1.54, 1.807) is 0 Å². The van der Waals surface area contributed by atoms with Gasteiger partial charge in [-0.3, -0.25) is 4.79 Å². The van der Waals surface area contributed by atoms with Gasteiger partial charge in [-0.1, -0.05) is 62.6 Å². The summed E-state index contributed by atoms with van der Waals surface area (Å²) in [4.78, 5) is 10.5. The smallest absolute Gasteiger partial charge is 0.303 e. The van der Waals surface area contributed by atoms with Crippen LogP contribution in [0.5, 0.6) is 0 Å². The van der Waals surface area contributed by atoms with Gasteiger partial charge in [0.05, 0.1) is 12.2 Å². The van der Waals surface area contributed by atoms with E-state index in [-0.39, 0.29) is 18.3 Å². The molecule has 0 amide bonds. The van der Waals surface area contributed by atoms with Crippen LogP contribution in [-0.4, -0.2) is 33.5 Å². The number of allylic oxidation sites excluding steroid dienone is 2. The van der Waals surface area contributed by atoms with Crippen molar-refractivity contribution in [2.45, 2.75) is 76.9 Å². The van der Waals surface area contributed by atoms with E-state index in [0.29, 0.717) is 12.8 Å². The van der Waals surface area contributed by atoms with E-state index in [1.165, 1.54) is 0 Å². The van der Waals surface area contributed by atoms with Crippen molar-refractivity contribution in [3.8, 4) is 0 Å². The van der Waals surface area contributed by atoms with Crippen LogP contribution in [0.2, 0.25) is 0 Å². The fraction of sp³-hybridized carbons (Fsp3) is 0.667. The lowest BCUT2D eigenvalue weighted by Gasteiger charge is -2.18. The molecule has 1 saturated carbocycles. The highest BCUT2D eigenvalue weighted by molar-refractivity contribution is 5.66. The molecule has 1 rings (SSSR count). The van der Waals surface area contributed by atoms with Gasteiger partial charge in [-0.15, -0.1) is 0 Å². The van der Waals surface area contributed by atoms with Crippen molar-refractivity contribution < 1.29 is 20.1 Å². The van der Waals surface area contributed by atoms with Crippen molar-refractivity contribution in [2.75, 3.05) is 0 Å². The summed E-state index contributed by atoms with van der Waals surface area (Å²) in [6.07, 6.45) is 14.0. The summed E-state index contributed by atoms with van der Waals surface area (Å²) in [5, 5.41) is 28.9. The minimum atomic E-state index is -0.761. The summed E-state index contributed by atoms with van der Waals surface area (Å²) in [5.74, 6) is -0.579. The first-order chi connectivity index (χ1) is 12.0. The van der Waals surface area contributed by atoms with Gasteiger partial charge in [-0.05, 0) is 38.0 Å².